The highest BCUT2D eigenvalue weighted by Crippen LogP contribution is 2.40. The van der Waals surface area contributed by atoms with E-state index in [1.807, 2.05) is 0 Å². The van der Waals surface area contributed by atoms with Gasteiger partial charge in [0.05, 0.1) is 29.7 Å². The smallest absolute Gasteiger partial charge is 0.392 e. The van der Waals surface area contributed by atoms with E-state index in [9.17, 15) is 27.2 Å². The summed E-state index contributed by atoms with van der Waals surface area (Å²) in [4.78, 5) is 24.3. The number of amides is 1. The van der Waals surface area contributed by atoms with Gasteiger partial charge in [0.15, 0.2) is 0 Å². The highest BCUT2D eigenvalue weighted by atomic mass is 35.5. The molecule has 1 unspecified atom stereocenters. The number of allylic oxidation sites excluding steroid dienone is 5. The van der Waals surface area contributed by atoms with Crippen molar-refractivity contribution in [3.05, 3.63) is 65.0 Å². The molecule has 32 heavy (non-hydrogen) atoms. The van der Waals surface area contributed by atoms with Gasteiger partial charge in [-0.05, 0) is 36.5 Å². The Bertz CT molecular complexity index is 940. The molecule has 1 aliphatic rings. The molecule has 1 N–H and O–H groups in total. The van der Waals surface area contributed by atoms with Crippen LogP contribution in [0.3, 0.4) is 0 Å². The number of nitrogens with one attached hydrogen (secondary N) is 1. The second-order valence-electron chi connectivity index (χ2n) is 7.56. The zero-order valence-electron chi connectivity index (χ0n) is 17.6. The van der Waals surface area contributed by atoms with Crippen molar-refractivity contribution in [2.24, 2.45) is 17.8 Å². The second kappa shape index (κ2) is 10.8. The minimum Gasteiger partial charge on any atom is -0.469 e. The lowest BCUT2D eigenvalue weighted by atomic mass is 9.77. The number of aryl methyl sites for hydroxylation is 1. The van der Waals surface area contributed by atoms with Gasteiger partial charge in [0.25, 0.3) is 0 Å². The number of methoxy groups -OCH3 is 1. The Morgan fingerprint density at radius 3 is 2.56 bits per heavy atom. The first kappa shape index (κ1) is 25.6. The van der Waals surface area contributed by atoms with E-state index >= 15 is 0 Å². The van der Waals surface area contributed by atoms with E-state index in [1.165, 1.54) is 37.5 Å². The molecule has 0 aliphatic heterocycles. The van der Waals surface area contributed by atoms with Crippen LogP contribution in [0.5, 0.6) is 0 Å². The Kier molecular flexibility index (Phi) is 8.66. The summed E-state index contributed by atoms with van der Waals surface area (Å²) in [6.07, 6.45) is 0.00963. The molecule has 2 rings (SSSR count). The van der Waals surface area contributed by atoms with E-state index in [0.717, 1.165) is 6.92 Å². The molecule has 1 amide bonds. The number of carbonyl (C=O) groups is 2. The third-order valence-corrected chi connectivity index (χ3v) is 5.73. The Morgan fingerprint density at radius 2 is 2.03 bits per heavy atom. The molecule has 0 bridgehead atoms. The summed E-state index contributed by atoms with van der Waals surface area (Å²) in [6, 6.07) is 4.66. The van der Waals surface area contributed by atoms with Crippen LogP contribution in [0, 0.1) is 17.8 Å². The molecule has 3 atom stereocenters. The summed E-state index contributed by atoms with van der Waals surface area (Å²) in [5, 5.41) is 2.65. The molecular formula is C23H24ClF4NO3. The minimum atomic E-state index is -4.62. The van der Waals surface area contributed by atoms with Gasteiger partial charge in [-0.25, -0.2) is 4.39 Å². The first-order valence-electron chi connectivity index (χ1n) is 9.90. The standard InChI is InChI=1S/C23H24ClF4NO3/c1-13(23(26,27)28)21(17-8-6-16(7-9-17)14(2)25)22(31)29-19-12-15(4-10-18(19)24)5-11-20(30)32-3/h4,6-8,10,12-13,17,21H,2,5,9,11H2,1,3H3,(H,29,31)/t13-,17?,21+/m1/s1. The van der Waals surface area contributed by atoms with E-state index in [4.69, 9.17) is 11.6 Å². The maximum absolute atomic E-state index is 13.5. The summed E-state index contributed by atoms with van der Waals surface area (Å²) < 4.78 is 58.5. The number of halogens is 5. The second-order valence-corrected chi connectivity index (χ2v) is 7.97. The quantitative estimate of drug-likeness (QED) is 0.362. The molecule has 174 valence electrons. The monoisotopic (exact) mass is 473 g/mol. The summed E-state index contributed by atoms with van der Waals surface area (Å²) in [5.74, 6) is -6.19. The van der Waals surface area contributed by atoms with Gasteiger partial charge in [-0.15, -0.1) is 0 Å². The number of alkyl halides is 3. The number of ether oxygens (including phenoxy) is 1. The van der Waals surface area contributed by atoms with E-state index < -0.39 is 41.6 Å². The van der Waals surface area contributed by atoms with E-state index in [2.05, 4.69) is 16.6 Å². The number of anilines is 1. The lowest BCUT2D eigenvalue weighted by Gasteiger charge is -2.31. The normalized spacial score (nSPS) is 17.8. The molecule has 0 fully saturated rings. The fourth-order valence-electron chi connectivity index (χ4n) is 3.49. The topological polar surface area (TPSA) is 55.4 Å². The first-order valence-corrected chi connectivity index (χ1v) is 10.3. The van der Waals surface area contributed by atoms with Crippen LogP contribution in [-0.4, -0.2) is 25.2 Å². The Morgan fingerprint density at radius 1 is 1.34 bits per heavy atom. The van der Waals surface area contributed by atoms with Crippen molar-refractivity contribution >= 4 is 29.2 Å². The van der Waals surface area contributed by atoms with Gasteiger partial charge in [0.1, 0.15) is 5.83 Å². The molecule has 0 saturated carbocycles. The number of hydrogen-bond acceptors (Lipinski definition) is 3. The van der Waals surface area contributed by atoms with Crippen LogP contribution in [0.15, 0.2) is 54.4 Å². The van der Waals surface area contributed by atoms with Gasteiger partial charge < -0.3 is 10.1 Å². The average Bonchev–Trinajstić information content (AvgIpc) is 2.73. The fraction of sp³-hybridized carbons (Fsp3) is 0.391. The molecule has 0 spiro atoms. The number of carbonyl (C=O) groups excluding carboxylic acids is 2. The maximum Gasteiger partial charge on any atom is 0.392 e. The zero-order valence-corrected chi connectivity index (χ0v) is 18.4. The SMILES string of the molecule is C=C(F)C1=CCC([C@@H](C(=O)Nc2cc(CCC(=O)OC)ccc2Cl)[C@@H](C)C(F)(F)F)C=C1. The molecule has 9 heteroatoms. The van der Waals surface area contributed by atoms with Crippen molar-refractivity contribution in [1.82, 2.24) is 0 Å². The van der Waals surface area contributed by atoms with Crippen LogP contribution in [0.2, 0.25) is 5.02 Å². The van der Waals surface area contributed by atoms with Crippen LogP contribution >= 0.6 is 11.6 Å². The van der Waals surface area contributed by atoms with Crippen molar-refractivity contribution in [2.45, 2.75) is 32.4 Å². The van der Waals surface area contributed by atoms with Crippen molar-refractivity contribution < 1.29 is 31.9 Å². The van der Waals surface area contributed by atoms with Gasteiger partial charge in [-0.3, -0.25) is 9.59 Å². The Balaban J connectivity index is 2.26. The maximum atomic E-state index is 13.5. The molecule has 4 nitrogen and oxygen atoms in total. The molecule has 1 aromatic rings. The van der Waals surface area contributed by atoms with Gasteiger partial charge in [-0.1, -0.05) is 49.4 Å². The first-order chi connectivity index (χ1) is 14.9. The van der Waals surface area contributed by atoms with Crippen molar-refractivity contribution in [3.63, 3.8) is 0 Å². The van der Waals surface area contributed by atoms with Crippen LogP contribution in [0.1, 0.15) is 25.3 Å². The van der Waals surface area contributed by atoms with Gasteiger partial charge in [0.2, 0.25) is 5.91 Å². The van der Waals surface area contributed by atoms with Crippen LogP contribution < -0.4 is 5.32 Å². The summed E-state index contributed by atoms with van der Waals surface area (Å²) in [7, 11) is 1.26. The predicted molar refractivity (Wildman–Crippen MR) is 115 cm³/mol. The molecule has 0 saturated heterocycles. The highest BCUT2D eigenvalue weighted by molar-refractivity contribution is 6.33. The predicted octanol–water partition coefficient (Wildman–Crippen LogP) is 6.18. The number of rotatable bonds is 8. The largest absolute Gasteiger partial charge is 0.469 e. The molecule has 1 aromatic carbocycles. The highest BCUT2D eigenvalue weighted by Gasteiger charge is 2.47. The van der Waals surface area contributed by atoms with Crippen LogP contribution in [-0.2, 0) is 20.7 Å². The molecule has 0 radical (unpaired) electrons. The number of benzene rings is 1. The number of hydrogen-bond donors (Lipinski definition) is 1. The van der Waals surface area contributed by atoms with Gasteiger partial charge >= 0.3 is 12.1 Å². The third kappa shape index (κ3) is 6.69. The van der Waals surface area contributed by atoms with Crippen molar-refractivity contribution in [1.29, 1.82) is 0 Å². The van der Waals surface area contributed by atoms with Crippen molar-refractivity contribution in [3.8, 4) is 0 Å². The fourth-order valence-corrected chi connectivity index (χ4v) is 3.65. The molecular weight excluding hydrogens is 450 g/mol. The Hall–Kier alpha value is -2.61. The zero-order chi connectivity index (χ0) is 24.1. The average molecular weight is 474 g/mol. The van der Waals surface area contributed by atoms with E-state index in [1.54, 1.807) is 6.07 Å². The summed E-state index contributed by atoms with van der Waals surface area (Å²) in [5.41, 5.74) is 0.982. The van der Waals surface area contributed by atoms with Gasteiger partial charge in [0, 0.05) is 12.0 Å². The van der Waals surface area contributed by atoms with E-state index in [0.29, 0.717) is 12.0 Å². The van der Waals surface area contributed by atoms with Crippen LogP contribution in [0.25, 0.3) is 0 Å². The lowest BCUT2D eigenvalue weighted by molar-refractivity contribution is -0.188. The molecule has 1 aliphatic carbocycles. The lowest BCUT2D eigenvalue weighted by Crippen LogP contribution is -2.40. The summed E-state index contributed by atoms with van der Waals surface area (Å²) in [6.45, 7) is 4.12. The van der Waals surface area contributed by atoms with Gasteiger partial charge in [-0.2, -0.15) is 13.2 Å². The third-order valence-electron chi connectivity index (χ3n) is 5.40. The van der Waals surface area contributed by atoms with Crippen molar-refractivity contribution in [2.75, 3.05) is 12.4 Å². The molecule has 0 aromatic heterocycles. The molecule has 0 heterocycles. The minimum absolute atomic E-state index is 0.0557. The summed E-state index contributed by atoms with van der Waals surface area (Å²) >= 11 is 6.14. The number of esters is 1. The van der Waals surface area contributed by atoms with E-state index in [-0.39, 0.29) is 29.1 Å². The Labute approximate surface area is 189 Å². The van der Waals surface area contributed by atoms with Crippen LogP contribution in [0.4, 0.5) is 23.2 Å².